The van der Waals surface area contributed by atoms with Crippen molar-refractivity contribution in [2.75, 3.05) is 0 Å². The fourth-order valence-corrected chi connectivity index (χ4v) is 0. The predicted octanol–water partition coefficient (Wildman–Crippen LogP) is 0.865. The van der Waals surface area contributed by atoms with E-state index in [2.05, 4.69) is 14.4 Å². The van der Waals surface area contributed by atoms with Gasteiger partial charge in [0.05, 0.1) is 0 Å². The van der Waals surface area contributed by atoms with Crippen molar-refractivity contribution in [3.05, 3.63) is 11.5 Å². The smallest absolute Gasteiger partial charge is 0.102 e. The normalized spacial score (nSPS) is 6.25. The average molecular weight is 72.3 g/mol. The van der Waals surface area contributed by atoms with Crippen molar-refractivity contribution < 1.29 is 0 Å². The molecule has 0 aromatic carbocycles. The molecule has 0 aliphatic rings. The topological polar surface area (TPSA) is 0 Å². The molecule has 0 aliphatic heterocycles. The Hall–Kier alpha value is 0.0949. The monoisotopic (exact) mass is 72.0 g/mol. The van der Waals surface area contributed by atoms with Gasteiger partial charge in [-0.2, -0.15) is 0 Å². The summed E-state index contributed by atoms with van der Waals surface area (Å²) in [4.78, 5) is 0.139. The Morgan fingerprint density at radius 3 is 2.00 bits per heavy atom. The highest BCUT2D eigenvalue weighted by molar-refractivity contribution is 6.51. The van der Waals surface area contributed by atoms with Crippen LogP contribution in [0.15, 0.2) is 11.5 Å². The Morgan fingerprint density at radius 2 is 2.00 bits per heavy atom. The van der Waals surface area contributed by atoms with E-state index in [1.54, 1.807) is 0 Å². The second-order valence-corrected chi connectivity index (χ2v) is 0.932. The molecule has 0 bridgehead atoms. The molecule has 0 spiro atoms. The number of hydrogen-bond acceptors (Lipinski definition) is 0. The predicted molar refractivity (Wildman–Crippen MR) is 20.7 cm³/mol. The molecule has 0 aromatic rings. The summed E-state index contributed by atoms with van der Waals surface area (Å²) < 4.78 is 0. The van der Waals surface area contributed by atoms with E-state index >= 15 is 0 Å². The van der Waals surface area contributed by atoms with Gasteiger partial charge in [-0.3, -0.25) is 0 Å². The molecule has 0 unspecified atom stereocenters. The van der Waals surface area contributed by atoms with Crippen LogP contribution in [0.5, 0.6) is 0 Å². The van der Waals surface area contributed by atoms with E-state index < -0.39 is 0 Å². The third-order valence-corrected chi connectivity index (χ3v) is 0. The Labute approximate surface area is 31.9 Å². The first kappa shape index (κ1) is 4.09. The molecule has 0 atom stereocenters. The molecule has 20 valence electrons. The lowest BCUT2D eigenvalue weighted by atomic mass is 10.2. The van der Waals surface area contributed by atoms with Gasteiger partial charge in [-0.15, -0.1) is 11.6 Å². The summed E-state index contributed by atoms with van der Waals surface area (Å²) in [6, 6.07) is 0. The molecule has 0 aromatic heterocycles. The third-order valence-electron chi connectivity index (χ3n) is 0. The van der Waals surface area contributed by atoms with Crippen molar-refractivity contribution in [3.8, 4) is 0 Å². The van der Waals surface area contributed by atoms with Gasteiger partial charge in [0.2, 0.25) is 0 Å². The minimum Gasteiger partial charge on any atom is -0.102 e. The first-order chi connectivity index (χ1) is 1.73. The summed E-state index contributed by atoms with van der Waals surface area (Å²) in [6.07, 6.45) is 0. The van der Waals surface area contributed by atoms with Gasteiger partial charge in [-0.1, -0.05) is 6.58 Å². The lowest BCUT2D eigenvalue weighted by Gasteiger charge is -1.61. The number of halogens is 1. The van der Waals surface area contributed by atoms with Crippen LogP contribution in [-0.2, 0) is 0 Å². The summed E-state index contributed by atoms with van der Waals surface area (Å²) in [7, 11) is 4.68. The minimum absolute atomic E-state index is 0.139. The third kappa shape index (κ3) is 279. The maximum atomic E-state index is 4.86. The second-order valence-electron chi connectivity index (χ2n) is 0.447. The molecular formula is C2H2BCl. The van der Waals surface area contributed by atoms with Crippen LogP contribution in [0.25, 0.3) is 0 Å². The van der Waals surface area contributed by atoms with Gasteiger partial charge in [0.15, 0.2) is 0 Å². The fraction of sp³-hybridized carbons (Fsp3) is 0. The number of rotatable bonds is 0. The van der Waals surface area contributed by atoms with Gasteiger partial charge >= 0.3 is 0 Å². The van der Waals surface area contributed by atoms with Crippen LogP contribution in [0.1, 0.15) is 0 Å². The zero-order valence-corrected chi connectivity index (χ0v) is 2.92. The van der Waals surface area contributed by atoms with Crippen LogP contribution in [0, 0.1) is 0 Å². The van der Waals surface area contributed by atoms with E-state index in [1.807, 2.05) is 0 Å². The Bertz CT molecular complexity index is 29.0. The molecular weight excluding hydrogens is 70.3 g/mol. The van der Waals surface area contributed by atoms with E-state index in [0.29, 0.717) is 0 Å². The molecule has 0 fully saturated rings. The Morgan fingerprint density at radius 1 is 2.00 bits per heavy atom. The molecule has 2 heteroatoms. The van der Waals surface area contributed by atoms with Gasteiger partial charge in [-0.25, -0.2) is 0 Å². The summed E-state index contributed by atoms with van der Waals surface area (Å²) in [5.74, 6) is 0. The van der Waals surface area contributed by atoms with E-state index in [4.69, 9.17) is 11.6 Å². The van der Waals surface area contributed by atoms with E-state index in [-0.39, 0.29) is 4.93 Å². The lowest BCUT2D eigenvalue weighted by molar-refractivity contribution is 2.45. The molecule has 4 heavy (non-hydrogen) atoms. The fourth-order valence-electron chi connectivity index (χ4n) is 0. The van der Waals surface area contributed by atoms with Crippen LogP contribution in [-0.4, -0.2) is 7.85 Å². The zero-order chi connectivity index (χ0) is 3.58. The van der Waals surface area contributed by atoms with Crippen molar-refractivity contribution in [1.82, 2.24) is 0 Å². The van der Waals surface area contributed by atoms with Crippen LogP contribution in [0.4, 0.5) is 0 Å². The highest BCUT2D eigenvalue weighted by Gasteiger charge is 1.56. The molecule has 0 nitrogen and oxygen atoms in total. The largest absolute Gasteiger partial charge is 0.130 e. The standard InChI is InChI=1S/C2H2BCl/c1-2(3)4/h1H2. The highest BCUT2D eigenvalue weighted by atomic mass is 35.5. The van der Waals surface area contributed by atoms with Gasteiger partial charge in [-0.05, 0) is 4.93 Å². The molecule has 0 saturated carbocycles. The highest BCUT2D eigenvalue weighted by Crippen LogP contribution is 1.81. The quantitative estimate of drug-likeness (QED) is 0.372. The molecule has 0 amide bonds. The lowest BCUT2D eigenvalue weighted by Crippen LogP contribution is -1.50. The van der Waals surface area contributed by atoms with Crippen molar-refractivity contribution in [3.63, 3.8) is 0 Å². The first-order valence-corrected chi connectivity index (χ1v) is 1.21. The molecule has 0 heterocycles. The maximum Gasteiger partial charge on any atom is 0.130 e. The SMILES string of the molecule is [B]C(=C)Cl. The molecule has 0 aliphatic carbocycles. The molecule has 2 radical (unpaired) electrons. The van der Waals surface area contributed by atoms with Crippen molar-refractivity contribution in [2.45, 2.75) is 0 Å². The van der Waals surface area contributed by atoms with E-state index in [0.717, 1.165) is 0 Å². The average Bonchev–Trinajstić information content (AvgIpc) is 0.811. The summed E-state index contributed by atoms with van der Waals surface area (Å²) in [5, 5.41) is 0. The van der Waals surface area contributed by atoms with E-state index in [1.165, 1.54) is 0 Å². The van der Waals surface area contributed by atoms with Crippen LogP contribution >= 0.6 is 11.6 Å². The van der Waals surface area contributed by atoms with Gasteiger partial charge in [0, 0.05) is 0 Å². The van der Waals surface area contributed by atoms with Crippen LogP contribution < -0.4 is 0 Å². The van der Waals surface area contributed by atoms with Gasteiger partial charge in [0.1, 0.15) is 7.85 Å². The minimum atomic E-state index is 0.139. The molecule has 0 N–H and O–H groups in total. The Balaban J connectivity index is 2.80. The first-order valence-electron chi connectivity index (χ1n) is 0.831. The second kappa shape index (κ2) is 1.42. The summed E-state index contributed by atoms with van der Waals surface area (Å²) in [5.41, 5.74) is 0. The van der Waals surface area contributed by atoms with Gasteiger partial charge in [0.25, 0.3) is 0 Å². The Kier molecular flexibility index (Phi) is 1.45. The zero-order valence-electron chi connectivity index (χ0n) is 2.16. The van der Waals surface area contributed by atoms with Crippen molar-refractivity contribution >= 4 is 19.4 Å². The van der Waals surface area contributed by atoms with Crippen LogP contribution in [0.3, 0.4) is 0 Å². The van der Waals surface area contributed by atoms with Gasteiger partial charge < -0.3 is 0 Å². The summed E-state index contributed by atoms with van der Waals surface area (Å²) >= 11 is 4.86. The maximum absolute atomic E-state index is 4.86. The van der Waals surface area contributed by atoms with Crippen LogP contribution in [0.2, 0.25) is 0 Å². The van der Waals surface area contributed by atoms with E-state index in [9.17, 15) is 0 Å². The summed E-state index contributed by atoms with van der Waals surface area (Å²) in [6.45, 7) is 3.10. The van der Waals surface area contributed by atoms with Crippen molar-refractivity contribution in [1.29, 1.82) is 0 Å². The number of hydrogen-bond donors (Lipinski definition) is 0. The van der Waals surface area contributed by atoms with Crippen molar-refractivity contribution in [2.24, 2.45) is 0 Å². The molecule has 0 saturated heterocycles. The molecule has 0 rings (SSSR count).